The van der Waals surface area contributed by atoms with Crippen LogP contribution in [0.2, 0.25) is 0 Å². The second-order valence-corrected chi connectivity index (χ2v) is 4.62. The third-order valence-electron chi connectivity index (χ3n) is 2.50. The number of fused-ring (bicyclic) bond motifs is 1. The number of hydrogen-bond donors (Lipinski definition) is 1. The van der Waals surface area contributed by atoms with Crippen molar-refractivity contribution in [1.29, 1.82) is 0 Å². The van der Waals surface area contributed by atoms with E-state index >= 15 is 0 Å². The van der Waals surface area contributed by atoms with E-state index in [2.05, 4.69) is 11.1 Å². The van der Waals surface area contributed by atoms with E-state index in [0.29, 0.717) is 5.75 Å². The van der Waals surface area contributed by atoms with E-state index in [9.17, 15) is 5.11 Å². The van der Waals surface area contributed by atoms with E-state index in [-0.39, 0.29) is 0 Å². The number of aromatic amines is 1. The number of para-hydroxylation sites is 2. The lowest BCUT2D eigenvalue weighted by molar-refractivity contribution is -0.325. The van der Waals surface area contributed by atoms with E-state index in [4.69, 9.17) is 0 Å². The minimum absolute atomic E-state index is 0.310. The highest BCUT2D eigenvalue weighted by Crippen LogP contribution is 2.31. The molecule has 16 heavy (non-hydrogen) atoms. The van der Waals surface area contributed by atoms with Gasteiger partial charge < -0.3 is 5.11 Å². The smallest absolute Gasteiger partial charge is 0.272 e. The van der Waals surface area contributed by atoms with Crippen molar-refractivity contribution in [2.75, 3.05) is 0 Å². The van der Waals surface area contributed by atoms with Gasteiger partial charge in [0.05, 0.1) is 5.56 Å². The molecule has 1 heterocycles. The molecular formula is C13H10NOS+. The highest BCUT2D eigenvalue weighted by molar-refractivity contribution is 7.21. The van der Waals surface area contributed by atoms with Gasteiger partial charge in [0, 0.05) is 6.07 Å². The van der Waals surface area contributed by atoms with Gasteiger partial charge in [0.1, 0.15) is 10.4 Å². The lowest BCUT2D eigenvalue weighted by Crippen LogP contribution is -2.00. The SMILES string of the molecule is Oc1ccccc1-c1[nH+]c2ccccc2s1. The maximum absolute atomic E-state index is 9.78. The van der Waals surface area contributed by atoms with Crippen LogP contribution in [-0.2, 0) is 0 Å². The Morgan fingerprint density at radius 1 is 0.938 bits per heavy atom. The van der Waals surface area contributed by atoms with Gasteiger partial charge in [-0.25, -0.2) is 0 Å². The van der Waals surface area contributed by atoms with Gasteiger partial charge in [-0.2, -0.15) is 4.98 Å². The topological polar surface area (TPSA) is 34.4 Å². The number of hydrogen-bond acceptors (Lipinski definition) is 2. The highest BCUT2D eigenvalue weighted by Gasteiger charge is 2.15. The first-order valence-corrected chi connectivity index (χ1v) is 5.85. The molecule has 0 saturated heterocycles. The Bertz CT molecular complexity index is 612. The summed E-state index contributed by atoms with van der Waals surface area (Å²) in [6, 6.07) is 15.5. The largest absolute Gasteiger partial charge is 0.507 e. The molecule has 0 unspecified atom stereocenters. The number of aromatic nitrogens is 1. The van der Waals surface area contributed by atoms with Crippen molar-refractivity contribution in [1.82, 2.24) is 0 Å². The number of H-pyrrole nitrogens is 1. The van der Waals surface area contributed by atoms with Crippen molar-refractivity contribution in [3.8, 4) is 16.3 Å². The van der Waals surface area contributed by atoms with Crippen molar-refractivity contribution in [2.24, 2.45) is 0 Å². The number of phenols is 1. The predicted molar refractivity (Wildman–Crippen MR) is 65.5 cm³/mol. The first kappa shape index (κ1) is 9.36. The minimum Gasteiger partial charge on any atom is -0.507 e. The van der Waals surface area contributed by atoms with Crippen molar-refractivity contribution in [3.63, 3.8) is 0 Å². The zero-order valence-corrected chi connectivity index (χ0v) is 9.29. The van der Waals surface area contributed by atoms with E-state index < -0.39 is 0 Å². The summed E-state index contributed by atoms with van der Waals surface area (Å²) in [7, 11) is 0. The molecule has 0 amide bonds. The number of thiazole rings is 1. The molecule has 0 bridgehead atoms. The average molecular weight is 228 g/mol. The highest BCUT2D eigenvalue weighted by atomic mass is 32.1. The summed E-state index contributed by atoms with van der Waals surface area (Å²) >= 11 is 1.65. The number of nitrogens with one attached hydrogen (secondary N) is 1. The van der Waals surface area contributed by atoms with Crippen molar-refractivity contribution < 1.29 is 10.1 Å². The van der Waals surface area contributed by atoms with Crippen LogP contribution in [0.5, 0.6) is 5.75 Å². The molecule has 2 aromatic carbocycles. The number of benzene rings is 2. The van der Waals surface area contributed by atoms with Gasteiger partial charge in [0.15, 0.2) is 0 Å². The molecule has 0 aliphatic rings. The van der Waals surface area contributed by atoms with E-state index in [1.54, 1.807) is 17.4 Å². The summed E-state index contributed by atoms with van der Waals surface area (Å²) in [4.78, 5) is 3.31. The van der Waals surface area contributed by atoms with Crippen molar-refractivity contribution >= 4 is 21.6 Å². The molecule has 3 aromatic rings. The molecule has 1 aromatic heterocycles. The van der Waals surface area contributed by atoms with E-state index in [0.717, 1.165) is 16.1 Å². The standard InChI is InChI=1S/C13H9NOS/c15-11-7-3-1-5-9(11)13-14-10-6-2-4-8-12(10)16-13/h1-8,15H/p+1. The second-order valence-electron chi connectivity index (χ2n) is 3.57. The van der Waals surface area contributed by atoms with Gasteiger partial charge in [-0.3, -0.25) is 0 Å². The Morgan fingerprint density at radius 3 is 2.50 bits per heavy atom. The van der Waals surface area contributed by atoms with Gasteiger partial charge in [0.2, 0.25) is 5.52 Å². The van der Waals surface area contributed by atoms with Gasteiger partial charge in [-0.15, -0.1) is 0 Å². The van der Waals surface area contributed by atoms with Gasteiger partial charge in [0.25, 0.3) is 5.01 Å². The summed E-state index contributed by atoms with van der Waals surface area (Å²) in [5.74, 6) is 0.310. The minimum atomic E-state index is 0.310. The lowest BCUT2D eigenvalue weighted by Gasteiger charge is -1.94. The van der Waals surface area contributed by atoms with Crippen LogP contribution in [-0.4, -0.2) is 5.11 Å². The summed E-state index contributed by atoms with van der Waals surface area (Å²) < 4.78 is 1.20. The molecule has 0 fully saturated rings. The molecule has 3 heteroatoms. The third-order valence-corrected chi connectivity index (χ3v) is 3.60. The Balaban J connectivity index is 2.23. The van der Waals surface area contributed by atoms with Crippen LogP contribution >= 0.6 is 11.3 Å². The molecule has 0 aliphatic carbocycles. The molecular weight excluding hydrogens is 218 g/mol. The number of rotatable bonds is 1. The molecule has 0 radical (unpaired) electrons. The number of aromatic hydroxyl groups is 1. The van der Waals surface area contributed by atoms with Crippen LogP contribution in [0.15, 0.2) is 48.5 Å². The fourth-order valence-corrected chi connectivity index (χ4v) is 2.74. The third kappa shape index (κ3) is 1.46. The zero-order valence-electron chi connectivity index (χ0n) is 8.47. The Morgan fingerprint density at radius 2 is 1.69 bits per heavy atom. The Labute approximate surface area is 96.8 Å². The molecule has 2 nitrogen and oxygen atoms in total. The van der Waals surface area contributed by atoms with E-state index in [1.165, 1.54) is 4.70 Å². The molecule has 3 rings (SSSR count). The van der Waals surface area contributed by atoms with Crippen molar-refractivity contribution in [2.45, 2.75) is 0 Å². The monoisotopic (exact) mass is 228 g/mol. The average Bonchev–Trinajstić information content (AvgIpc) is 2.73. The zero-order chi connectivity index (χ0) is 11.0. The lowest BCUT2D eigenvalue weighted by atomic mass is 10.2. The maximum atomic E-state index is 9.78. The summed E-state index contributed by atoms with van der Waals surface area (Å²) in [5, 5.41) is 10.8. The van der Waals surface area contributed by atoms with Crippen LogP contribution in [0.3, 0.4) is 0 Å². The fraction of sp³-hybridized carbons (Fsp3) is 0. The maximum Gasteiger partial charge on any atom is 0.272 e. The second kappa shape index (κ2) is 3.61. The summed E-state index contributed by atoms with van der Waals surface area (Å²) in [5.41, 5.74) is 1.95. The predicted octanol–water partition coefficient (Wildman–Crippen LogP) is 3.09. The molecule has 0 aliphatic heterocycles. The van der Waals surface area contributed by atoms with Gasteiger partial charge in [-0.1, -0.05) is 35.6 Å². The summed E-state index contributed by atoms with van der Waals surface area (Å²) in [6.07, 6.45) is 0. The Kier molecular flexibility index (Phi) is 2.11. The van der Waals surface area contributed by atoms with Crippen molar-refractivity contribution in [3.05, 3.63) is 48.5 Å². The Hall–Kier alpha value is -1.87. The quantitative estimate of drug-likeness (QED) is 0.682. The molecule has 0 saturated carbocycles. The number of phenolic OH excluding ortho intramolecular Hbond substituents is 1. The first-order chi connectivity index (χ1) is 7.84. The molecule has 0 atom stereocenters. The molecule has 2 N–H and O–H groups in total. The molecule has 0 spiro atoms. The van der Waals surface area contributed by atoms with Gasteiger partial charge in [-0.05, 0) is 18.2 Å². The van der Waals surface area contributed by atoms with E-state index in [1.807, 2.05) is 36.4 Å². The van der Waals surface area contributed by atoms with Gasteiger partial charge >= 0.3 is 0 Å². The van der Waals surface area contributed by atoms with Crippen LogP contribution in [0.25, 0.3) is 20.8 Å². The van der Waals surface area contributed by atoms with Crippen LogP contribution < -0.4 is 4.98 Å². The molecule has 78 valence electrons. The van der Waals surface area contributed by atoms with Crippen LogP contribution in [0.4, 0.5) is 0 Å². The van der Waals surface area contributed by atoms with Crippen LogP contribution in [0.1, 0.15) is 0 Å². The fourth-order valence-electron chi connectivity index (χ4n) is 1.70. The first-order valence-electron chi connectivity index (χ1n) is 5.04. The summed E-state index contributed by atoms with van der Waals surface area (Å²) in [6.45, 7) is 0. The normalized spacial score (nSPS) is 10.8. The van der Waals surface area contributed by atoms with Crippen LogP contribution in [0, 0.1) is 0 Å².